The molecule has 3 rings (SSSR count). The third kappa shape index (κ3) is 4.87. The third-order valence-electron chi connectivity index (χ3n) is 3.40. The summed E-state index contributed by atoms with van der Waals surface area (Å²) < 4.78 is 6.17. The van der Waals surface area contributed by atoms with Gasteiger partial charge in [-0.1, -0.05) is 45.9 Å². The number of nitrogens with zero attached hydrogens (tertiary/aromatic N) is 1. The summed E-state index contributed by atoms with van der Waals surface area (Å²) in [6.07, 6.45) is 1.77. The summed E-state index contributed by atoms with van der Waals surface area (Å²) >= 11 is 4.78. The Morgan fingerprint density at radius 1 is 1.28 bits per heavy atom. The molecule has 1 heterocycles. The maximum atomic E-state index is 12.1. The summed E-state index contributed by atoms with van der Waals surface area (Å²) in [5.41, 5.74) is 2.67. The Morgan fingerprint density at radius 2 is 2.08 bits per heavy atom. The normalized spacial score (nSPS) is 10.5. The number of H-pyrrole nitrogens is 1. The molecular weight excluding hydrogens is 402 g/mol. The van der Waals surface area contributed by atoms with Gasteiger partial charge in [0.05, 0.1) is 24.8 Å². The van der Waals surface area contributed by atoms with Crippen molar-refractivity contribution in [3.63, 3.8) is 0 Å². The Kier molecular flexibility index (Phi) is 5.78. The van der Waals surface area contributed by atoms with Gasteiger partial charge in [-0.05, 0) is 29.8 Å². The molecule has 0 aliphatic carbocycles. The highest BCUT2D eigenvalue weighted by Crippen LogP contribution is 2.23. The van der Waals surface area contributed by atoms with Crippen LogP contribution in [0.3, 0.4) is 0 Å². The number of ether oxygens (including phenoxy) is 1. The molecule has 0 saturated carbocycles. The number of carbonyl (C=O) groups is 1. The van der Waals surface area contributed by atoms with Crippen LogP contribution in [-0.2, 0) is 4.79 Å². The van der Waals surface area contributed by atoms with Crippen molar-refractivity contribution >= 4 is 39.3 Å². The quantitative estimate of drug-likeness (QED) is 0.576. The standard InChI is InChI=1S/C18H16BrN3O2S/c1-24-15-4-2-3-14(9-15)21-17(23)11-25-18-20-10-16(22-18)12-5-7-13(19)8-6-12/h2-10H,11H2,1H3,(H,20,22)(H,21,23). The molecule has 128 valence electrons. The van der Waals surface area contributed by atoms with E-state index in [1.807, 2.05) is 42.5 Å². The number of aromatic amines is 1. The van der Waals surface area contributed by atoms with Gasteiger partial charge >= 0.3 is 0 Å². The van der Waals surface area contributed by atoms with Crippen molar-refractivity contribution in [3.05, 3.63) is 59.2 Å². The summed E-state index contributed by atoms with van der Waals surface area (Å²) in [7, 11) is 1.59. The van der Waals surface area contributed by atoms with E-state index >= 15 is 0 Å². The van der Waals surface area contributed by atoms with Gasteiger partial charge in [-0.15, -0.1) is 0 Å². The average molecular weight is 418 g/mol. The van der Waals surface area contributed by atoms with Crippen molar-refractivity contribution in [3.8, 4) is 17.0 Å². The van der Waals surface area contributed by atoms with Gasteiger partial charge in [0.2, 0.25) is 5.91 Å². The van der Waals surface area contributed by atoms with Gasteiger partial charge in [0.1, 0.15) is 5.75 Å². The highest BCUT2D eigenvalue weighted by Gasteiger charge is 2.08. The second-order valence-electron chi connectivity index (χ2n) is 5.18. The van der Waals surface area contributed by atoms with Crippen molar-refractivity contribution in [2.24, 2.45) is 0 Å². The highest BCUT2D eigenvalue weighted by atomic mass is 79.9. The molecule has 0 aliphatic rings. The highest BCUT2D eigenvalue weighted by molar-refractivity contribution is 9.10. The molecule has 2 aromatic carbocycles. The van der Waals surface area contributed by atoms with E-state index in [4.69, 9.17) is 4.74 Å². The van der Waals surface area contributed by atoms with E-state index in [1.54, 1.807) is 19.4 Å². The number of hydrogen-bond donors (Lipinski definition) is 2. The lowest BCUT2D eigenvalue weighted by molar-refractivity contribution is -0.113. The summed E-state index contributed by atoms with van der Waals surface area (Å²) in [6.45, 7) is 0. The fourth-order valence-corrected chi connectivity index (χ4v) is 3.10. The third-order valence-corrected chi connectivity index (χ3v) is 4.82. The molecule has 0 fully saturated rings. The fraction of sp³-hybridized carbons (Fsp3) is 0.111. The molecule has 1 aromatic heterocycles. The topological polar surface area (TPSA) is 67.0 Å². The van der Waals surface area contributed by atoms with Crippen LogP contribution in [0.1, 0.15) is 0 Å². The maximum absolute atomic E-state index is 12.1. The van der Waals surface area contributed by atoms with Crippen LogP contribution in [0.2, 0.25) is 0 Å². The Labute approximate surface area is 158 Å². The molecule has 0 atom stereocenters. The van der Waals surface area contributed by atoms with E-state index < -0.39 is 0 Å². The minimum absolute atomic E-state index is 0.0974. The lowest BCUT2D eigenvalue weighted by atomic mass is 10.2. The van der Waals surface area contributed by atoms with Crippen LogP contribution in [-0.4, -0.2) is 28.7 Å². The summed E-state index contributed by atoms with van der Waals surface area (Å²) in [5, 5.41) is 3.55. The lowest BCUT2D eigenvalue weighted by Gasteiger charge is -2.06. The first-order chi connectivity index (χ1) is 12.1. The minimum Gasteiger partial charge on any atom is -0.497 e. The number of hydrogen-bond acceptors (Lipinski definition) is 4. The van der Waals surface area contributed by atoms with Crippen LogP contribution in [0, 0.1) is 0 Å². The van der Waals surface area contributed by atoms with Gasteiger partial charge < -0.3 is 15.0 Å². The van der Waals surface area contributed by atoms with E-state index in [2.05, 4.69) is 31.2 Å². The van der Waals surface area contributed by atoms with Crippen LogP contribution in [0.15, 0.2) is 64.4 Å². The van der Waals surface area contributed by atoms with Gasteiger partial charge in [0.25, 0.3) is 0 Å². The molecule has 1 amide bonds. The molecule has 0 bridgehead atoms. The molecule has 0 saturated heterocycles. The average Bonchev–Trinajstić information content (AvgIpc) is 3.10. The molecule has 5 nitrogen and oxygen atoms in total. The van der Waals surface area contributed by atoms with Gasteiger partial charge in [-0.25, -0.2) is 4.98 Å². The molecule has 0 unspecified atom stereocenters. The van der Waals surface area contributed by atoms with Crippen molar-refractivity contribution in [2.75, 3.05) is 18.2 Å². The lowest BCUT2D eigenvalue weighted by Crippen LogP contribution is -2.14. The second-order valence-corrected chi connectivity index (χ2v) is 7.06. The molecular formula is C18H16BrN3O2S. The zero-order valence-electron chi connectivity index (χ0n) is 13.5. The number of benzene rings is 2. The maximum Gasteiger partial charge on any atom is 0.234 e. The number of nitrogens with one attached hydrogen (secondary N) is 2. The number of imidazole rings is 1. The number of halogens is 1. The number of anilines is 1. The second kappa shape index (κ2) is 8.22. The van der Waals surface area contributed by atoms with E-state index in [0.717, 1.165) is 15.7 Å². The number of carbonyl (C=O) groups excluding carboxylic acids is 1. The number of rotatable bonds is 6. The number of amides is 1. The largest absolute Gasteiger partial charge is 0.497 e. The molecule has 0 radical (unpaired) electrons. The van der Waals surface area contributed by atoms with Crippen LogP contribution >= 0.6 is 27.7 Å². The first-order valence-corrected chi connectivity index (χ1v) is 9.29. The van der Waals surface area contributed by atoms with E-state index in [0.29, 0.717) is 16.6 Å². The van der Waals surface area contributed by atoms with Gasteiger partial charge in [0.15, 0.2) is 5.16 Å². The molecule has 7 heteroatoms. The fourth-order valence-electron chi connectivity index (χ4n) is 2.18. The molecule has 0 spiro atoms. The Balaban J connectivity index is 1.56. The number of thioether (sulfide) groups is 1. The first-order valence-electron chi connectivity index (χ1n) is 7.52. The van der Waals surface area contributed by atoms with Crippen molar-refractivity contribution < 1.29 is 9.53 Å². The number of aromatic nitrogens is 2. The number of methoxy groups -OCH3 is 1. The van der Waals surface area contributed by atoms with Crippen molar-refractivity contribution in [2.45, 2.75) is 5.16 Å². The minimum atomic E-state index is -0.0974. The van der Waals surface area contributed by atoms with Gasteiger partial charge in [-0.3, -0.25) is 4.79 Å². The summed E-state index contributed by atoms with van der Waals surface area (Å²) in [5.74, 6) is 0.875. The molecule has 0 aliphatic heterocycles. The zero-order valence-corrected chi connectivity index (χ0v) is 15.9. The van der Waals surface area contributed by atoms with E-state index in [-0.39, 0.29) is 11.7 Å². The molecule has 2 N–H and O–H groups in total. The summed E-state index contributed by atoms with van der Waals surface area (Å²) in [4.78, 5) is 19.6. The van der Waals surface area contributed by atoms with Crippen molar-refractivity contribution in [1.82, 2.24) is 9.97 Å². The predicted molar refractivity (Wildman–Crippen MR) is 104 cm³/mol. The Bertz CT molecular complexity index is 865. The molecule has 25 heavy (non-hydrogen) atoms. The van der Waals surface area contributed by atoms with Gasteiger partial charge in [-0.2, -0.15) is 0 Å². The van der Waals surface area contributed by atoms with Gasteiger partial charge in [0, 0.05) is 16.2 Å². The van der Waals surface area contributed by atoms with Crippen LogP contribution in [0.4, 0.5) is 5.69 Å². The molecule has 3 aromatic rings. The van der Waals surface area contributed by atoms with E-state index in [9.17, 15) is 4.79 Å². The first kappa shape index (κ1) is 17.6. The van der Waals surface area contributed by atoms with E-state index in [1.165, 1.54) is 11.8 Å². The van der Waals surface area contributed by atoms with Crippen molar-refractivity contribution in [1.29, 1.82) is 0 Å². The SMILES string of the molecule is COc1cccc(NC(=O)CSc2ncc(-c3ccc(Br)cc3)[nH]2)c1. The Hall–Kier alpha value is -2.25. The summed E-state index contributed by atoms with van der Waals surface area (Å²) in [6, 6.07) is 15.2. The monoisotopic (exact) mass is 417 g/mol. The smallest absolute Gasteiger partial charge is 0.234 e. The van der Waals surface area contributed by atoms with Crippen LogP contribution in [0.25, 0.3) is 11.3 Å². The van der Waals surface area contributed by atoms with Crippen LogP contribution in [0.5, 0.6) is 5.75 Å². The Morgan fingerprint density at radius 3 is 2.84 bits per heavy atom. The zero-order chi connectivity index (χ0) is 17.6. The predicted octanol–water partition coefficient (Wildman–Crippen LogP) is 4.58. The van der Waals surface area contributed by atoms with Crippen LogP contribution < -0.4 is 10.1 Å².